The highest BCUT2D eigenvalue weighted by Gasteiger charge is 2.33. The first-order chi connectivity index (χ1) is 15.8. The molecule has 1 aliphatic rings. The third-order valence-electron chi connectivity index (χ3n) is 6.34. The number of hydrogen-bond donors (Lipinski definition) is 0. The van der Waals surface area contributed by atoms with Gasteiger partial charge in [-0.25, -0.2) is 4.79 Å². The van der Waals surface area contributed by atoms with Gasteiger partial charge >= 0.3 is 6.09 Å². The molecule has 3 rings (SSSR count). The highest BCUT2D eigenvalue weighted by atomic mass is 16.6. The fraction of sp³-hybridized carbons (Fsp3) is 0.481. The Morgan fingerprint density at radius 2 is 1.79 bits per heavy atom. The molecule has 33 heavy (non-hydrogen) atoms. The van der Waals surface area contributed by atoms with Gasteiger partial charge in [-0.2, -0.15) is 5.26 Å². The lowest BCUT2D eigenvalue weighted by atomic mass is 10.0. The quantitative estimate of drug-likeness (QED) is 0.461. The third-order valence-corrected chi connectivity index (χ3v) is 6.34. The minimum absolute atomic E-state index is 0.0804. The molecule has 0 aliphatic carbocycles. The molecule has 2 aromatic carbocycles. The molecule has 0 N–H and O–H groups in total. The Hall–Kier alpha value is -3.04. The van der Waals surface area contributed by atoms with E-state index in [-0.39, 0.29) is 12.3 Å². The lowest BCUT2D eigenvalue weighted by Crippen LogP contribution is -2.48. The van der Waals surface area contributed by atoms with Crippen LogP contribution in [0.1, 0.15) is 52.0 Å². The first-order valence-corrected chi connectivity index (χ1v) is 11.8. The van der Waals surface area contributed by atoms with Crippen LogP contribution in [0.15, 0.2) is 48.5 Å². The van der Waals surface area contributed by atoms with Crippen molar-refractivity contribution < 1.29 is 14.3 Å². The van der Waals surface area contributed by atoms with E-state index in [0.29, 0.717) is 12.2 Å². The maximum atomic E-state index is 12.6. The number of likely N-dealkylation sites (tertiary alicyclic amines) is 1. The summed E-state index contributed by atoms with van der Waals surface area (Å²) in [6, 6.07) is 17.7. The number of nitriles is 1. The highest BCUT2D eigenvalue weighted by molar-refractivity contribution is 5.68. The zero-order valence-electron chi connectivity index (χ0n) is 20.2. The van der Waals surface area contributed by atoms with Crippen LogP contribution in [0.25, 0.3) is 11.1 Å². The van der Waals surface area contributed by atoms with Crippen LogP contribution < -0.4 is 4.74 Å². The van der Waals surface area contributed by atoms with Gasteiger partial charge in [0.05, 0.1) is 24.4 Å². The van der Waals surface area contributed by atoms with Gasteiger partial charge in [0.1, 0.15) is 11.4 Å². The highest BCUT2D eigenvalue weighted by Crippen LogP contribution is 2.24. The number of benzene rings is 2. The van der Waals surface area contributed by atoms with Crippen molar-refractivity contribution in [3.8, 4) is 22.9 Å². The zero-order valence-corrected chi connectivity index (χ0v) is 20.2. The van der Waals surface area contributed by atoms with Gasteiger partial charge < -0.3 is 9.47 Å². The van der Waals surface area contributed by atoms with E-state index in [9.17, 15) is 4.79 Å². The van der Waals surface area contributed by atoms with Crippen LogP contribution in [-0.2, 0) is 4.74 Å². The summed E-state index contributed by atoms with van der Waals surface area (Å²) >= 11 is 0. The summed E-state index contributed by atoms with van der Waals surface area (Å²) in [4.78, 5) is 16.7. The molecule has 1 aliphatic heterocycles. The Bertz CT molecular complexity index is 948. The van der Waals surface area contributed by atoms with Gasteiger partial charge in [-0.15, -0.1) is 0 Å². The second kappa shape index (κ2) is 11.2. The van der Waals surface area contributed by atoms with Gasteiger partial charge in [-0.3, -0.25) is 9.80 Å². The Kier molecular flexibility index (Phi) is 8.35. The van der Waals surface area contributed by atoms with Gasteiger partial charge in [0.15, 0.2) is 0 Å². The van der Waals surface area contributed by atoms with Crippen LogP contribution in [0, 0.1) is 11.3 Å². The lowest BCUT2D eigenvalue weighted by molar-refractivity contribution is -0.00572. The molecule has 1 atom stereocenters. The molecule has 176 valence electrons. The van der Waals surface area contributed by atoms with Crippen LogP contribution in [0.3, 0.4) is 0 Å². The summed E-state index contributed by atoms with van der Waals surface area (Å²) in [6.45, 7) is 8.40. The maximum Gasteiger partial charge on any atom is 0.411 e. The van der Waals surface area contributed by atoms with Crippen molar-refractivity contribution in [1.29, 1.82) is 5.26 Å². The van der Waals surface area contributed by atoms with Gasteiger partial charge in [0.2, 0.25) is 0 Å². The van der Waals surface area contributed by atoms with E-state index < -0.39 is 5.60 Å². The van der Waals surface area contributed by atoms with E-state index in [2.05, 4.69) is 11.0 Å². The minimum atomic E-state index is -0.446. The molecule has 1 saturated heterocycles. The summed E-state index contributed by atoms with van der Waals surface area (Å²) in [5, 5.41) is 8.93. The standard InChI is InChI=1S/C27H35N3O3/c1-5-27(2,3)33-26(31)29(4)25-8-6-17-30(25)18-7-19-32-24-15-13-23(14-16-24)22-11-9-21(20-28)10-12-22/h9-16,25H,5-8,17-19H2,1-4H3. The van der Waals surface area contributed by atoms with E-state index in [1.165, 1.54) is 0 Å². The summed E-state index contributed by atoms with van der Waals surface area (Å²) in [5.41, 5.74) is 2.38. The second-order valence-electron chi connectivity index (χ2n) is 9.17. The molecule has 0 radical (unpaired) electrons. The fourth-order valence-corrected chi connectivity index (χ4v) is 3.95. The van der Waals surface area contributed by atoms with Gasteiger partial charge in [-0.05, 0) is 74.9 Å². The molecule has 2 aromatic rings. The topological polar surface area (TPSA) is 65.8 Å². The molecule has 0 aromatic heterocycles. The maximum absolute atomic E-state index is 12.6. The molecule has 0 saturated carbocycles. The average molecular weight is 450 g/mol. The monoisotopic (exact) mass is 449 g/mol. The van der Waals surface area contributed by atoms with Crippen LogP contribution >= 0.6 is 0 Å². The fourth-order valence-electron chi connectivity index (χ4n) is 3.95. The van der Waals surface area contributed by atoms with E-state index in [4.69, 9.17) is 14.7 Å². The Labute approximate surface area is 197 Å². The summed E-state index contributed by atoms with van der Waals surface area (Å²) in [5.74, 6) is 0.841. The van der Waals surface area contributed by atoms with Crippen molar-refractivity contribution >= 4 is 6.09 Å². The Morgan fingerprint density at radius 1 is 1.15 bits per heavy atom. The molecule has 6 heteroatoms. The molecule has 0 bridgehead atoms. The minimum Gasteiger partial charge on any atom is -0.494 e. The largest absolute Gasteiger partial charge is 0.494 e. The third kappa shape index (κ3) is 6.72. The first kappa shape index (κ1) is 24.6. The summed E-state index contributed by atoms with van der Waals surface area (Å²) < 4.78 is 11.6. The normalized spacial score (nSPS) is 16.3. The number of hydrogen-bond acceptors (Lipinski definition) is 5. The van der Waals surface area contributed by atoms with Crippen LogP contribution in [0.5, 0.6) is 5.75 Å². The van der Waals surface area contributed by atoms with Crippen molar-refractivity contribution in [2.24, 2.45) is 0 Å². The second-order valence-corrected chi connectivity index (χ2v) is 9.17. The molecule has 1 fully saturated rings. The van der Waals surface area contributed by atoms with Crippen LogP contribution in [0.4, 0.5) is 4.79 Å². The van der Waals surface area contributed by atoms with Crippen molar-refractivity contribution in [2.45, 2.75) is 58.2 Å². The predicted molar refractivity (Wildman–Crippen MR) is 130 cm³/mol. The Balaban J connectivity index is 1.45. The van der Waals surface area contributed by atoms with Gasteiger partial charge in [-0.1, -0.05) is 31.2 Å². The number of carbonyl (C=O) groups excluding carboxylic acids is 1. The lowest BCUT2D eigenvalue weighted by Gasteiger charge is -2.34. The predicted octanol–water partition coefficient (Wildman–Crippen LogP) is 5.67. The van der Waals surface area contributed by atoms with Crippen LogP contribution in [0.2, 0.25) is 0 Å². The number of amides is 1. The number of ether oxygens (including phenoxy) is 2. The van der Waals surface area contributed by atoms with Gasteiger partial charge in [0, 0.05) is 20.1 Å². The molecule has 0 spiro atoms. The van der Waals surface area contributed by atoms with Gasteiger partial charge in [0.25, 0.3) is 0 Å². The SMILES string of the molecule is CCC(C)(C)OC(=O)N(C)C1CCCN1CCCOc1ccc(-c2ccc(C#N)cc2)cc1. The first-order valence-electron chi connectivity index (χ1n) is 11.8. The molecule has 6 nitrogen and oxygen atoms in total. The number of carbonyl (C=O) groups is 1. The zero-order chi connectivity index (χ0) is 23.8. The molecular formula is C27H35N3O3. The summed E-state index contributed by atoms with van der Waals surface area (Å²) in [7, 11) is 1.84. The molecule has 1 unspecified atom stereocenters. The average Bonchev–Trinajstić information content (AvgIpc) is 3.30. The van der Waals surface area contributed by atoms with Crippen molar-refractivity contribution in [3.63, 3.8) is 0 Å². The Morgan fingerprint density at radius 3 is 2.39 bits per heavy atom. The molecule has 1 amide bonds. The smallest absolute Gasteiger partial charge is 0.411 e. The van der Waals surface area contributed by atoms with Crippen LogP contribution in [-0.4, -0.2) is 54.4 Å². The van der Waals surface area contributed by atoms with Crippen molar-refractivity contribution in [3.05, 3.63) is 54.1 Å². The van der Waals surface area contributed by atoms with Crippen molar-refractivity contribution in [2.75, 3.05) is 26.7 Å². The van der Waals surface area contributed by atoms with E-state index in [1.54, 1.807) is 4.90 Å². The number of nitrogens with zero attached hydrogens (tertiary/aromatic N) is 3. The van der Waals surface area contributed by atoms with E-state index in [1.807, 2.05) is 76.3 Å². The van der Waals surface area contributed by atoms with Crippen molar-refractivity contribution in [1.82, 2.24) is 9.80 Å². The van der Waals surface area contributed by atoms with E-state index >= 15 is 0 Å². The van der Waals surface area contributed by atoms with E-state index in [0.717, 1.165) is 55.6 Å². The summed E-state index contributed by atoms with van der Waals surface area (Å²) in [6.07, 6.45) is 3.55. The molecular weight excluding hydrogens is 414 g/mol. The molecule has 1 heterocycles. The number of rotatable bonds is 9.